The summed E-state index contributed by atoms with van der Waals surface area (Å²) in [4.78, 5) is 0. The van der Waals surface area contributed by atoms with Crippen molar-refractivity contribution >= 4 is 34.8 Å². The molecule has 0 bridgehead atoms. The predicted octanol–water partition coefficient (Wildman–Crippen LogP) is 4.61. The second-order valence-electron chi connectivity index (χ2n) is 3.62. The smallest absolute Gasteiger partial charge is 0.162 e. The standard InChI is InChI=1S/C13H9Cl3O2/c14-8-2-1-3-12(10(16)6-8)18-13-5-4-9(15)7-11(13)17/h1-7,12,17H. The van der Waals surface area contributed by atoms with Gasteiger partial charge in [0, 0.05) is 16.1 Å². The molecule has 1 aliphatic rings. The summed E-state index contributed by atoms with van der Waals surface area (Å²) in [6.45, 7) is 0. The number of aromatic hydroxyl groups is 1. The molecule has 5 heteroatoms. The van der Waals surface area contributed by atoms with E-state index in [0.717, 1.165) is 0 Å². The Labute approximate surface area is 120 Å². The molecule has 94 valence electrons. The molecule has 0 fully saturated rings. The molecule has 0 saturated carbocycles. The summed E-state index contributed by atoms with van der Waals surface area (Å²) in [5.74, 6) is 0.266. The van der Waals surface area contributed by atoms with Crippen LogP contribution in [0.5, 0.6) is 11.5 Å². The predicted molar refractivity (Wildman–Crippen MR) is 74.5 cm³/mol. The van der Waals surface area contributed by atoms with E-state index in [1.807, 2.05) is 0 Å². The van der Waals surface area contributed by atoms with Gasteiger partial charge >= 0.3 is 0 Å². The van der Waals surface area contributed by atoms with Crippen LogP contribution < -0.4 is 4.74 Å². The number of allylic oxidation sites excluding steroid dienone is 4. The summed E-state index contributed by atoms with van der Waals surface area (Å²) in [6, 6.07) is 4.61. The van der Waals surface area contributed by atoms with Crippen molar-refractivity contribution in [1.29, 1.82) is 0 Å². The van der Waals surface area contributed by atoms with E-state index in [2.05, 4.69) is 0 Å². The molecule has 1 aromatic rings. The maximum Gasteiger partial charge on any atom is 0.162 e. The van der Waals surface area contributed by atoms with Gasteiger partial charge in [-0.05, 0) is 30.4 Å². The normalized spacial score (nSPS) is 18.9. The molecule has 0 spiro atoms. The van der Waals surface area contributed by atoms with E-state index in [-0.39, 0.29) is 5.75 Å². The van der Waals surface area contributed by atoms with Crippen LogP contribution in [0.2, 0.25) is 5.02 Å². The van der Waals surface area contributed by atoms with Crippen molar-refractivity contribution in [3.8, 4) is 11.5 Å². The first kappa shape index (κ1) is 13.3. The van der Waals surface area contributed by atoms with Gasteiger partial charge in [0.25, 0.3) is 0 Å². The van der Waals surface area contributed by atoms with E-state index in [0.29, 0.717) is 20.8 Å². The highest BCUT2D eigenvalue weighted by molar-refractivity contribution is 6.35. The van der Waals surface area contributed by atoms with Crippen LogP contribution in [-0.2, 0) is 0 Å². The Balaban J connectivity index is 2.22. The molecule has 1 aromatic carbocycles. The highest BCUT2D eigenvalue weighted by Crippen LogP contribution is 2.32. The van der Waals surface area contributed by atoms with Gasteiger partial charge in [0.1, 0.15) is 0 Å². The number of hydrogen-bond acceptors (Lipinski definition) is 2. The fraction of sp³-hybridized carbons (Fsp3) is 0.0769. The zero-order chi connectivity index (χ0) is 13.1. The minimum absolute atomic E-state index is 0.0383. The number of ether oxygens (including phenoxy) is 1. The van der Waals surface area contributed by atoms with Crippen LogP contribution in [0.3, 0.4) is 0 Å². The van der Waals surface area contributed by atoms with E-state index in [1.165, 1.54) is 6.07 Å². The number of halogens is 3. The minimum Gasteiger partial charge on any atom is -0.504 e. The molecule has 0 aliphatic heterocycles. The molecular weight excluding hydrogens is 294 g/mol. The maximum atomic E-state index is 9.70. The van der Waals surface area contributed by atoms with Crippen molar-refractivity contribution in [3.63, 3.8) is 0 Å². The summed E-state index contributed by atoms with van der Waals surface area (Å²) >= 11 is 17.7. The molecule has 1 N–H and O–H groups in total. The first-order chi connectivity index (χ1) is 8.56. The molecule has 2 nitrogen and oxygen atoms in total. The van der Waals surface area contributed by atoms with Gasteiger partial charge < -0.3 is 9.84 Å². The Morgan fingerprint density at radius 2 is 1.94 bits per heavy atom. The third-order valence-corrected chi connectivity index (χ3v) is 3.06. The van der Waals surface area contributed by atoms with Crippen LogP contribution >= 0.6 is 34.8 Å². The van der Waals surface area contributed by atoms with Crippen LogP contribution in [0.1, 0.15) is 0 Å². The fourth-order valence-corrected chi connectivity index (χ4v) is 2.07. The lowest BCUT2D eigenvalue weighted by atomic mass is 10.3. The summed E-state index contributed by atoms with van der Waals surface area (Å²) < 4.78 is 5.59. The first-order valence-electron chi connectivity index (χ1n) is 5.12. The second-order valence-corrected chi connectivity index (χ2v) is 4.93. The maximum absolute atomic E-state index is 9.70. The number of hydrogen-bond donors (Lipinski definition) is 1. The molecule has 0 saturated heterocycles. The second kappa shape index (κ2) is 5.70. The van der Waals surface area contributed by atoms with E-state index in [9.17, 15) is 5.11 Å². The summed E-state index contributed by atoms with van der Waals surface area (Å²) in [7, 11) is 0. The molecule has 1 unspecified atom stereocenters. The highest BCUT2D eigenvalue weighted by Gasteiger charge is 2.15. The third kappa shape index (κ3) is 3.22. The summed E-state index contributed by atoms with van der Waals surface area (Å²) in [5.41, 5.74) is 0. The molecule has 2 rings (SSSR count). The quantitative estimate of drug-likeness (QED) is 0.864. The molecule has 1 aliphatic carbocycles. The van der Waals surface area contributed by atoms with E-state index >= 15 is 0 Å². The Morgan fingerprint density at radius 3 is 2.67 bits per heavy atom. The number of phenolic OH excluding ortho intramolecular Hbond substituents is 1. The van der Waals surface area contributed by atoms with E-state index in [1.54, 1.807) is 36.4 Å². The SMILES string of the molecule is Oc1cc(Cl)ccc1OC1C=CC=C(Cl)C=C1Cl. The first-order valence-corrected chi connectivity index (χ1v) is 6.26. The molecule has 0 aromatic heterocycles. The fourth-order valence-electron chi connectivity index (χ4n) is 1.42. The molecular formula is C13H9Cl3O2. The number of phenols is 1. The van der Waals surface area contributed by atoms with Gasteiger partial charge in [0.15, 0.2) is 17.6 Å². The van der Waals surface area contributed by atoms with Crippen LogP contribution in [0.25, 0.3) is 0 Å². The van der Waals surface area contributed by atoms with Crippen LogP contribution in [-0.4, -0.2) is 11.2 Å². The number of rotatable bonds is 2. The monoisotopic (exact) mass is 302 g/mol. The Hall–Kier alpha value is -1.09. The van der Waals surface area contributed by atoms with Gasteiger partial charge in [0.05, 0.1) is 5.03 Å². The van der Waals surface area contributed by atoms with E-state index in [4.69, 9.17) is 39.5 Å². The van der Waals surface area contributed by atoms with Gasteiger partial charge in [-0.15, -0.1) is 0 Å². The van der Waals surface area contributed by atoms with Crippen molar-refractivity contribution < 1.29 is 9.84 Å². The minimum atomic E-state index is -0.494. The van der Waals surface area contributed by atoms with Gasteiger partial charge in [-0.3, -0.25) is 0 Å². The lowest BCUT2D eigenvalue weighted by Crippen LogP contribution is -2.13. The third-order valence-electron chi connectivity index (χ3n) is 2.26. The largest absolute Gasteiger partial charge is 0.504 e. The van der Waals surface area contributed by atoms with Gasteiger partial charge in [-0.1, -0.05) is 40.9 Å². The molecule has 18 heavy (non-hydrogen) atoms. The Kier molecular flexibility index (Phi) is 4.23. The van der Waals surface area contributed by atoms with Crippen molar-refractivity contribution in [2.24, 2.45) is 0 Å². The van der Waals surface area contributed by atoms with Crippen LogP contribution in [0.15, 0.2) is 52.6 Å². The van der Waals surface area contributed by atoms with Crippen LogP contribution in [0.4, 0.5) is 0 Å². The summed E-state index contributed by atoms with van der Waals surface area (Å²) in [6.07, 6.45) is 6.29. The Morgan fingerprint density at radius 1 is 1.17 bits per heavy atom. The van der Waals surface area contributed by atoms with Crippen LogP contribution in [0, 0.1) is 0 Å². The number of benzene rings is 1. The van der Waals surface area contributed by atoms with Crippen molar-refractivity contribution in [2.45, 2.75) is 6.10 Å². The summed E-state index contributed by atoms with van der Waals surface area (Å²) in [5, 5.41) is 11.1. The lowest BCUT2D eigenvalue weighted by Gasteiger charge is -2.15. The van der Waals surface area contributed by atoms with E-state index < -0.39 is 6.10 Å². The molecule has 0 radical (unpaired) electrons. The Bertz CT molecular complexity index is 547. The topological polar surface area (TPSA) is 29.5 Å². The van der Waals surface area contributed by atoms with Crippen molar-refractivity contribution in [3.05, 3.63) is 57.6 Å². The van der Waals surface area contributed by atoms with Gasteiger partial charge in [-0.2, -0.15) is 0 Å². The zero-order valence-electron chi connectivity index (χ0n) is 9.11. The zero-order valence-corrected chi connectivity index (χ0v) is 11.4. The average molecular weight is 304 g/mol. The van der Waals surface area contributed by atoms with Crippen molar-refractivity contribution in [2.75, 3.05) is 0 Å². The van der Waals surface area contributed by atoms with Crippen molar-refractivity contribution in [1.82, 2.24) is 0 Å². The average Bonchev–Trinajstić information content (AvgIpc) is 2.44. The molecule has 1 atom stereocenters. The molecule has 0 amide bonds. The van der Waals surface area contributed by atoms with Gasteiger partial charge in [0.2, 0.25) is 0 Å². The van der Waals surface area contributed by atoms with Gasteiger partial charge in [-0.25, -0.2) is 0 Å². The lowest BCUT2D eigenvalue weighted by molar-refractivity contribution is 0.277. The highest BCUT2D eigenvalue weighted by atomic mass is 35.5. The molecule has 0 heterocycles.